The maximum Gasteiger partial charge on any atom is 0.313 e. The fourth-order valence-corrected chi connectivity index (χ4v) is 4.35. The Bertz CT molecular complexity index is 996. The van der Waals surface area contributed by atoms with Gasteiger partial charge in [0.05, 0.1) is 10.9 Å². The zero-order valence-corrected chi connectivity index (χ0v) is 18.3. The van der Waals surface area contributed by atoms with Gasteiger partial charge in [0.25, 0.3) is 0 Å². The number of benzene rings is 2. The first-order valence-electron chi connectivity index (χ1n) is 9.46. The molecular formula is C22H27NO6S. The second kappa shape index (κ2) is 9.51. The van der Waals surface area contributed by atoms with E-state index in [9.17, 15) is 23.1 Å². The largest absolute Gasteiger partial charge is 0.460 e. The van der Waals surface area contributed by atoms with Gasteiger partial charge in [-0.2, -0.15) is 0 Å². The SMILES string of the molecule is Cc1ccccc1S(=O)(=O)N[C@@H](c1ccccc1)[C@@H](O)C(=O)CC(=O)OC(C)(C)C. The first-order chi connectivity index (χ1) is 13.9. The zero-order valence-electron chi connectivity index (χ0n) is 17.5. The molecule has 2 aromatic rings. The third-order valence-electron chi connectivity index (χ3n) is 4.21. The summed E-state index contributed by atoms with van der Waals surface area (Å²) < 4.78 is 33.4. The monoisotopic (exact) mass is 433 g/mol. The summed E-state index contributed by atoms with van der Waals surface area (Å²) in [4.78, 5) is 24.6. The molecule has 0 aliphatic carbocycles. The maximum absolute atomic E-state index is 12.9. The maximum atomic E-state index is 12.9. The molecule has 2 aromatic carbocycles. The van der Waals surface area contributed by atoms with Crippen molar-refractivity contribution in [2.75, 3.05) is 0 Å². The topological polar surface area (TPSA) is 110 Å². The summed E-state index contributed by atoms with van der Waals surface area (Å²) in [6, 6.07) is 13.3. The van der Waals surface area contributed by atoms with Crippen molar-refractivity contribution < 1.29 is 27.9 Å². The highest BCUT2D eigenvalue weighted by atomic mass is 32.2. The first kappa shape index (κ1) is 23.7. The van der Waals surface area contributed by atoms with Crippen molar-refractivity contribution in [2.24, 2.45) is 0 Å². The number of carbonyl (C=O) groups is 2. The van der Waals surface area contributed by atoms with Crippen molar-refractivity contribution in [1.29, 1.82) is 0 Å². The number of carbonyl (C=O) groups excluding carboxylic acids is 2. The Morgan fingerprint density at radius 1 is 1.03 bits per heavy atom. The highest BCUT2D eigenvalue weighted by molar-refractivity contribution is 7.89. The molecule has 2 rings (SSSR count). The average Bonchev–Trinajstić information content (AvgIpc) is 2.65. The van der Waals surface area contributed by atoms with Crippen LogP contribution in [0.1, 0.15) is 44.4 Å². The van der Waals surface area contributed by atoms with E-state index in [1.165, 1.54) is 6.07 Å². The molecule has 30 heavy (non-hydrogen) atoms. The highest BCUT2D eigenvalue weighted by Crippen LogP contribution is 2.23. The van der Waals surface area contributed by atoms with Gasteiger partial charge in [-0.25, -0.2) is 13.1 Å². The Labute approximate surface area is 177 Å². The van der Waals surface area contributed by atoms with Crippen LogP contribution in [-0.2, 0) is 24.3 Å². The van der Waals surface area contributed by atoms with Crippen molar-refractivity contribution in [3.05, 3.63) is 65.7 Å². The molecule has 162 valence electrons. The van der Waals surface area contributed by atoms with Crippen LogP contribution in [0.2, 0.25) is 0 Å². The van der Waals surface area contributed by atoms with Gasteiger partial charge in [0.15, 0.2) is 5.78 Å². The van der Waals surface area contributed by atoms with Crippen LogP contribution in [-0.4, -0.2) is 37.0 Å². The number of ketones is 1. The van der Waals surface area contributed by atoms with Crippen molar-refractivity contribution in [3.63, 3.8) is 0 Å². The number of Topliss-reactive ketones (excluding diaryl/α,β-unsaturated/α-hetero) is 1. The molecule has 7 nitrogen and oxygen atoms in total. The third kappa shape index (κ3) is 6.48. The number of esters is 1. The molecule has 0 aliphatic rings. The van der Waals surface area contributed by atoms with Gasteiger partial charge in [0, 0.05) is 0 Å². The number of rotatable bonds is 8. The molecular weight excluding hydrogens is 406 g/mol. The van der Waals surface area contributed by atoms with Crippen LogP contribution in [0.25, 0.3) is 0 Å². The van der Waals surface area contributed by atoms with Crippen molar-refractivity contribution in [1.82, 2.24) is 4.72 Å². The molecule has 0 heterocycles. The molecule has 2 N–H and O–H groups in total. The van der Waals surface area contributed by atoms with E-state index < -0.39 is 45.9 Å². The second-order valence-corrected chi connectivity index (χ2v) is 9.63. The van der Waals surface area contributed by atoms with E-state index in [4.69, 9.17) is 4.74 Å². The third-order valence-corrected chi connectivity index (χ3v) is 5.81. The van der Waals surface area contributed by atoms with Gasteiger partial charge >= 0.3 is 5.97 Å². The molecule has 0 saturated heterocycles. The van der Waals surface area contributed by atoms with E-state index in [0.717, 1.165) is 0 Å². The quantitative estimate of drug-likeness (QED) is 0.489. The Kier molecular flexibility index (Phi) is 7.52. The van der Waals surface area contributed by atoms with Gasteiger partial charge < -0.3 is 9.84 Å². The first-order valence-corrected chi connectivity index (χ1v) is 10.9. The Hall–Kier alpha value is -2.55. The van der Waals surface area contributed by atoms with Crippen molar-refractivity contribution in [3.8, 4) is 0 Å². The van der Waals surface area contributed by atoms with Gasteiger partial charge in [0.1, 0.15) is 18.1 Å². The number of aryl methyl sites for hydroxylation is 1. The van der Waals surface area contributed by atoms with Gasteiger partial charge in [-0.1, -0.05) is 48.5 Å². The number of nitrogens with one attached hydrogen (secondary N) is 1. The summed E-state index contributed by atoms with van der Waals surface area (Å²) in [5.74, 6) is -1.63. The molecule has 0 unspecified atom stereocenters. The molecule has 2 atom stereocenters. The van der Waals surface area contributed by atoms with Gasteiger partial charge in [-0.05, 0) is 44.9 Å². The Morgan fingerprint density at radius 3 is 2.17 bits per heavy atom. The van der Waals surface area contributed by atoms with E-state index >= 15 is 0 Å². The molecule has 0 aromatic heterocycles. The van der Waals surface area contributed by atoms with Crippen LogP contribution >= 0.6 is 0 Å². The summed E-state index contributed by atoms with van der Waals surface area (Å²) in [6.45, 7) is 6.63. The molecule has 0 spiro atoms. The summed E-state index contributed by atoms with van der Waals surface area (Å²) in [5.41, 5.74) is 0.124. The van der Waals surface area contributed by atoms with E-state index in [2.05, 4.69) is 4.72 Å². The smallest absolute Gasteiger partial charge is 0.313 e. The highest BCUT2D eigenvalue weighted by Gasteiger charge is 2.33. The Balaban J connectivity index is 2.31. The van der Waals surface area contributed by atoms with Crippen LogP contribution in [0.3, 0.4) is 0 Å². The molecule has 0 amide bonds. The predicted octanol–water partition coefficient (Wildman–Crippen LogP) is 2.68. The zero-order chi connectivity index (χ0) is 22.5. The summed E-state index contributed by atoms with van der Waals surface area (Å²) in [6.07, 6.45) is -2.45. The van der Waals surface area contributed by atoms with Crippen LogP contribution in [0, 0.1) is 6.92 Å². The number of hydrogen-bond acceptors (Lipinski definition) is 6. The molecule has 0 aliphatic heterocycles. The van der Waals surface area contributed by atoms with Gasteiger partial charge in [-0.3, -0.25) is 9.59 Å². The van der Waals surface area contributed by atoms with Gasteiger partial charge in [-0.15, -0.1) is 0 Å². The van der Waals surface area contributed by atoms with E-state index in [-0.39, 0.29) is 4.90 Å². The standard InChI is InChI=1S/C22H27NO6S/c1-15-10-8-9-13-18(15)30(27,28)23-20(16-11-6-5-7-12-16)21(26)17(24)14-19(25)29-22(2,3)4/h5-13,20-21,23,26H,14H2,1-4H3/t20-,21-/m0/s1. The van der Waals surface area contributed by atoms with E-state index in [1.807, 2.05) is 0 Å². The summed E-state index contributed by atoms with van der Waals surface area (Å²) in [7, 11) is -4.05. The molecule has 0 fully saturated rings. The molecule has 8 heteroatoms. The van der Waals surface area contributed by atoms with E-state index in [0.29, 0.717) is 11.1 Å². The lowest BCUT2D eigenvalue weighted by Gasteiger charge is -2.25. The fourth-order valence-electron chi connectivity index (χ4n) is 2.87. The van der Waals surface area contributed by atoms with Crippen molar-refractivity contribution >= 4 is 21.8 Å². The lowest BCUT2D eigenvalue weighted by molar-refractivity contribution is -0.157. The van der Waals surface area contributed by atoms with Crippen LogP contribution in [0.4, 0.5) is 0 Å². The lowest BCUT2D eigenvalue weighted by Crippen LogP contribution is -2.41. The number of aliphatic hydroxyl groups excluding tert-OH is 1. The normalized spacial score (nSPS) is 14.0. The van der Waals surface area contributed by atoms with Crippen LogP contribution in [0.15, 0.2) is 59.5 Å². The molecule has 0 radical (unpaired) electrons. The minimum absolute atomic E-state index is 0.0396. The minimum Gasteiger partial charge on any atom is -0.460 e. The van der Waals surface area contributed by atoms with E-state index in [1.54, 1.807) is 76.2 Å². The minimum atomic E-state index is -4.05. The summed E-state index contributed by atoms with van der Waals surface area (Å²) in [5, 5.41) is 10.7. The predicted molar refractivity (Wildman–Crippen MR) is 112 cm³/mol. The van der Waals surface area contributed by atoms with Gasteiger partial charge in [0.2, 0.25) is 10.0 Å². The number of sulfonamides is 1. The number of ether oxygens (including phenoxy) is 1. The molecule has 0 saturated carbocycles. The number of aliphatic hydroxyl groups is 1. The average molecular weight is 434 g/mol. The molecule has 0 bridgehead atoms. The Morgan fingerprint density at radius 2 is 1.60 bits per heavy atom. The number of hydrogen-bond donors (Lipinski definition) is 2. The lowest BCUT2D eigenvalue weighted by atomic mass is 9.98. The van der Waals surface area contributed by atoms with Crippen LogP contribution < -0.4 is 4.72 Å². The second-order valence-electron chi connectivity index (χ2n) is 7.95. The summed E-state index contributed by atoms with van der Waals surface area (Å²) >= 11 is 0. The fraction of sp³-hybridized carbons (Fsp3) is 0.364. The van der Waals surface area contributed by atoms with Crippen molar-refractivity contribution in [2.45, 2.75) is 56.8 Å². The van der Waals surface area contributed by atoms with Crippen LogP contribution in [0.5, 0.6) is 0 Å².